The van der Waals surface area contributed by atoms with Crippen LogP contribution in [0.2, 0.25) is 0 Å². The van der Waals surface area contributed by atoms with Crippen molar-refractivity contribution in [3.8, 4) is 5.75 Å². The lowest BCUT2D eigenvalue weighted by molar-refractivity contribution is -0.114. The number of carbonyl (C=O) groups excluding carboxylic acids is 2. The van der Waals surface area contributed by atoms with Crippen molar-refractivity contribution < 1.29 is 14.3 Å². The zero-order valence-electron chi connectivity index (χ0n) is 16.4. The van der Waals surface area contributed by atoms with E-state index in [1.54, 1.807) is 12.1 Å². The maximum absolute atomic E-state index is 12.4. The van der Waals surface area contributed by atoms with Crippen LogP contribution >= 0.6 is 0 Å². The zero-order valence-corrected chi connectivity index (χ0v) is 16.4. The highest BCUT2D eigenvalue weighted by Crippen LogP contribution is 2.24. The molecule has 2 aromatic carbocycles. The van der Waals surface area contributed by atoms with Gasteiger partial charge in [0.25, 0.3) is 5.91 Å². The van der Waals surface area contributed by atoms with Gasteiger partial charge in [-0.15, -0.1) is 0 Å². The second-order valence-corrected chi connectivity index (χ2v) is 7.14. The molecule has 0 atom stereocenters. The molecule has 1 saturated heterocycles. The minimum Gasteiger partial charge on any atom is -0.489 e. The first kappa shape index (κ1) is 19.7. The standard InChI is InChI=1S/C22H27N3O3/c1-16(2)28-20-8-4-3-7-19(20)24-21(26)15-23-18-11-9-17(10-12-18)22(27)25-13-5-6-14-25/h3-4,7-12,16,23H,5-6,13-15H2,1-2H3,(H,24,26). The minimum absolute atomic E-state index is 0.0259. The van der Waals surface area contributed by atoms with Crippen LogP contribution in [-0.4, -0.2) is 42.5 Å². The number of benzene rings is 2. The summed E-state index contributed by atoms with van der Waals surface area (Å²) in [6.07, 6.45) is 2.18. The second-order valence-electron chi connectivity index (χ2n) is 7.14. The first-order valence-electron chi connectivity index (χ1n) is 9.71. The molecule has 2 N–H and O–H groups in total. The molecule has 0 spiro atoms. The number of hydrogen-bond acceptors (Lipinski definition) is 4. The number of para-hydroxylation sites is 2. The van der Waals surface area contributed by atoms with Crippen molar-refractivity contribution in [1.82, 2.24) is 4.90 Å². The fourth-order valence-corrected chi connectivity index (χ4v) is 3.14. The molecule has 0 aromatic heterocycles. The van der Waals surface area contributed by atoms with E-state index in [4.69, 9.17) is 4.74 Å². The predicted molar refractivity (Wildman–Crippen MR) is 111 cm³/mol. The van der Waals surface area contributed by atoms with E-state index in [0.29, 0.717) is 17.0 Å². The summed E-state index contributed by atoms with van der Waals surface area (Å²) in [4.78, 5) is 26.5. The molecule has 3 rings (SSSR count). The molecule has 148 valence electrons. The Morgan fingerprint density at radius 2 is 1.71 bits per heavy atom. The van der Waals surface area contributed by atoms with Gasteiger partial charge >= 0.3 is 0 Å². The topological polar surface area (TPSA) is 70.7 Å². The van der Waals surface area contributed by atoms with E-state index in [2.05, 4.69) is 10.6 Å². The van der Waals surface area contributed by atoms with Gasteiger partial charge in [-0.05, 0) is 63.1 Å². The smallest absolute Gasteiger partial charge is 0.253 e. The first-order chi connectivity index (χ1) is 13.5. The van der Waals surface area contributed by atoms with E-state index < -0.39 is 0 Å². The van der Waals surface area contributed by atoms with Gasteiger partial charge in [0.2, 0.25) is 5.91 Å². The van der Waals surface area contributed by atoms with Gasteiger partial charge in [0.15, 0.2) is 0 Å². The Morgan fingerprint density at radius 3 is 2.39 bits per heavy atom. The molecule has 6 heteroatoms. The summed E-state index contributed by atoms with van der Waals surface area (Å²) >= 11 is 0. The van der Waals surface area contributed by atoms with Crippen molar-refractivity contribution in [1.29, 1.82) is 0 Å². The first-order valence-corrected chi connectivity index (χ1v) is 9.71. The molecule has 0 unspecified atom stereocenters. The largest absolute Gasteiger partial charge is 0.489 e. The van der Waals surface area contributed by atoms with Gasteiger partial charge in [-0.3, -0.25) is 9.59 Å². The molecular weight excluding hydrogens is 354 g/mol. The maximum atomic E-state index is 12.4. The molecule has 6 nitrogen and oxygen atoms in total. The molecule has 1 aliphatic rings. The van der Waals surface area contributed by atoms with Crippen molar-refractivity contribution in [3.05, 3.63) is 54.1 Å². The fourth-order valence-electron chi connectivity index (χ4n) is 3.14. The molecule has 2 aromatic rings. The van der Waals surface area contributed by atoms with Crippen LogP contribution in [0.25, 0.3) is 0 Å². The lowest BCUT2D eigenvalue weighted by Gasteiger charge is -2.16. The molecule has 1 fully saturated rings. The Morgan fingerprint density at radius 1 is 1.04 bits per heavy atom. The Kier molecular flexibility index (Phi) is 6.53. The number of amides is 2. The Labute approximate surface area is 165 Å². The summed E-state index contributed by atoms with van der Waals surface area (Å²) in [6.45, 7) is 5.67. The van der Waals surface area contributed by atoms with Crippen LogP contribution in [-0.2, 0) is 4.79 Å². The molecule has 0 radical (unpaired) electrons. The minimum atomic E-state index is -0.169. The Balaban J connectivity index is 1.53. The normalized spacial score (nSPS) is 13.5. The fraction of sp³-hybridized carbons (Fsp3) is 0.364. The molecule has 1 aliphatic heterocycles. The van der Waals surface area contributed by atoms with Gasteiger partial charge < -0.3 is 20.3 Å². The van der Waals surface area contributed by atoms with E-state index in [9.17, 15) is 9.59 Å². The monoisotopic (exact) mass is 381 g/mol. The lowest BCUT2D eigenvalue weighted by atomic mass is 10.2. The molecular formula is C22H27N3O3. The van der Waals surface area contributed by atoms with Crippen molar-refractivity contribution in [2.45, 2.75) is 32.8 Å². The van der Waals surface area contributed by atoms with Crippen molar-refractivity contribution in [2.24, 2.45) is 0 Å². The number of hydrogen-bond donors (Lipinski definition) is 2. The molecule has 0 bridgehead atoms. The van der Waals surface area contributed by atoms with Crippen LogP contribution in [0.15, 0.2) is 48.5 Å². The van der Waals surface area contributed by atoms with Gasteiger partial charge in [-0.2, -0.15) is 0 Å². The summed E-state index contributed by atoms with van der Waals surface area (Å²) in [5.74, 6) is 0.552. The summed E-state index contributed by atoms with van der Waals surface area (Å²) in [5.41, 5.74) is 2.12. The van der Waals surface area contributed by atoms with Crippen LogP contribution < -0.4 is 15.4 Å². The van der Waals surface area contributed by atoms with Crippen LogP contribution in [0.4, 0.5) is 11.4 Å². The summed E-state index contributed by atoms with van der Waals surface area (Å²) in [5, 5.41) is 5.95. The van der Waals surface area contributed by atoms with E-state index in [-0.39, 0.29) is 24.5 Å². The highest BCUT2D eigenvalue weighted by molar-refractivity contribution is 5.96. The highest BCUT2D eigenvalue weighted by Gasteiger charge is 2.19. The third-order valence-corrected chi connectivity index (χ3v) is 4.50. The molecule has 2 amide bonds. The highest BCUT2D eigenvalue weighted by atomic mass is 16.5. The molecule has 28 heavy (non-hydrogen) atoms. The third-order valence-electron chi connectivity index (χ3n) is 4.50. The number of carbonyl (C=O) groups is 2. The molecule has 0 aliphatic carbocycles. The Hall–Kier alpha value is -3.02. The van der Waals surface area contributed by atoms with Crippen molar-refractivity contribution in [3.63, 3.8) is 0 Å². The number of nitrogens with one attached hydrogen (secondary N) is 2. The van der Waals surface area contributed by atoms with E-state index >= 15 is 0 Å². The molecule has 1 heterocycles. The van der Waals surface area contributed by atoms with Crippen LogP contribution in [0.3, 0.4) is 0 Å². The Bertz CT molecular complexity index is 812. The number of nitrogens with zero attached hydrogens (tertiary/aromatic N) is 1. The van der Waals surface area contributed by atoms with Gasteiger partial charge in [-0.25, -0.2) is 0 Å². The van der Waals surface area contributed by atoms with E-state index in [1.165, 1.54) is 0 Å². The summed E-state index contributed by atoms with van der Waals surface area (Å²) in [7, 11) is 0. The number of anilines is 2. The van der Waals surface area contributed by atoms with Crippen LogP contribution in [0.1, 0.15) is 37.0 Å². The second kappa shape index (κ2) is 9.26. The average molecular weight is 381 g/mol. The van der Waals surface area contributed by atoms with Crippen molar-refractivity contribution in [2.75, 3.05) is 30.3 Å². The van der Waals surface area contributed by atoms with Crippen molar-refractivity contribution >= 4 is 23.2 Å². The number of ether oxygens (including phenoxy) is 1. The number of likely N-dealkylation sites (tertiary alicyclic amines) is 1. The van der Waals surface area contributed by atoms with E-state index in [1.807, 2.05) is 55.1 Å². The number of rotatable bonds is 7. The zero-order chi connectivity index (χ0) is 19.9. The van der Waals surface area contributed by atoms with Gasteiger partial charge in [0.05, 0.1) is 18.3 Å². The van der Waals surface area contributed by atoms with Gasteiger partial charge in [0, 0.05) is 24.3 Å². The quantitative estimate of drug-likeness (QED) is 0.766. The maximum Gasteiger partial charge on any atom is 0.253 e. The molecule has 0 saturated carbocycles. The van der Waals surface area contributed by atoms with Gasteiger partial charge in [0.1, 0.15) is 5.75 Å². The lowest BCUT2D eigenvalue weighted by Crippen LogP contribution is -2.27. The summed E-state index contributed by atoms with van der Waals surface area (Å²) < 4.78 is 5.72. The third kappa shape index (κ3) is 5.25. The average Bonchev–Trinajstić information content (AvgIpc) is 3.22. The van der Waals surface area contributed by atoms with E-state index in [0.717, 1.165) is 31.6 Å². The van der Waals surface area contributed by atoms with Crippen LogP contribution in [0, 0.1) is 0 Å². The SMILES string of the molecule is CC(C)Oc1ccccc1NC(=O)CNc1ccc(C(=O)N2CCCC2)cc1. The summed E-state index contributed by atoms with van der Waals surface area (Å²) in [6, 6.07) is 14.6. The van der Waals surface area contributed by atoms with Crippen LogP contribution in [0.5, 0.6) is 5.75 Å². The van der Waals surface area contributed by atoms with Gasteiger partial charge in [-0.1, -0.05) is 12.1 Å². The predicted octanol–water partition coefficient (Wildman–Crippen LogP) is 3.76.